The molecule has 3 heteroatoms. The molecule has 1 rings (SSSR count). The fourth-order valence-corrected chi connectivity index (χ4v) is 2.27. The van der Waals surface area contributed by atoms with Crippen LogP contribution in [0.15, 0.2) is 24.3 Å². The van der Waals surface area contributed by atoms with Crippen LogP contribution in [0.1, 0.15) is 58.6 Å². The van der Waals surface area contributed by atoms with Gasteiger partial charge in [0.05, 0.1) is 6.61 Å². The van der Waals surface area contributed by atoms with E-state index in [-0.39, 0.29) is 12.0 Å². The van der Waals surface area contributed by atoms with E-state index in [1.54, 1.807) is 0 Å². The van der Waals surface area contributed by atoms with Crippen molar-refractivity contribution in [3.8, 4) is 5.75 Å². The first-order chi connectivity index (χ1) is 9.98. The van der Waals surface area contributed by atoms with Crippen molar-refractivity contribution in [3.63, 3.8) is 0 Å². The van der Waals surface area contributed by atoms with Crippen molar-refractivity contribution < 1.29 is 9.84 Å². The summed E-state index contributed by atoms with van der Waals surface area (Å²) in [5, 5.41) is 12.5. The summed E-state index contributed by atoms with van der Waals surface area (Å²) in [6.45, 7) is 10.8. The molecule has 0 aromatic heterocycles. The van der Waals surface area contributed by atoms with Crippen molar-refractivity contribution in [3.05, 3.63) is 29.8 Å². The van der Waals surface area contributed by atoms with E-state index in [1.165, 1.54) is 5.56 Å². The van der Waals surface area contributed by atoms with Gasteiger partial charge in [-0.25, -0.2) is 0 Å². The highest BCUT2D eigenvalue weighted by Gasteiger charge is 2.18. The number of benzene rings is 1. The Morgan fingerprint density at radius 3 is 2.48 bits per heavy atom. The maximum absolute atomic E-state index is 8.94. The first kappa shape index (κ1) is 18.0. The number of rotatable bonds is 10. The second-order valence-electron chi connectivity index (χ2n) is 6.51. The lowest BCUT2D eigenvalue weighted by Crippen LogP contribution is -2.31. The molecule has 120 valence electrons. The maximum Gasteiger partial charge on any atom is 0.119 e. The Labute approximate surface area is 129 Å². The van der Waals surface area contributed by atoms with Crippen LogP contribution in [0.25, 0.3) is 0 Å². The summed E-state index contributed by atoms with van der Waals surface area (Å²) in [4.78, 5) is 0. The molecular weight excluding hydrogens is 262 g/mol. The highest BCUT2D eigenvalue weighted by atomic mass is 16.5. The minimum absolute atomic E-state index is 0.209. The van der Waals surface area contributed by atoms with Crippen molar-refractivity contribution in [1.82, 2.24) is 5.32 Å². The Morgan fingerprint density at radius 1 is 1.24 bits per heavy atom. The first-order valence-corrected chi connectivity index (χ1v) is 8.05. The largest absolute Gasteiger partial charge is 0.494 e. The Kier molecular flexibility index (Phi) is 7.76. The van der Waals surface area contributed by atoms with Gasteiger partial charge < -0.3 is 15.2 Å². The summed E-state index contributed by atoms with van der Waals surface area (Å²) in [5.74, 6) is 0.941. The predicted octanol–water partition coefficient (Wildman–Crippen LogP) is 3.92. The Bertz CT molecular complexity index is 387. The summed E-state index contributed by atoms with van der Waals surface area (Å²) in [6.07, 6.45) is 2.93. The smallest absolute Gasteiger partial charge is 0.119 e. The SMILES string of the molecule is CCCOc1ccc(C(C)NCC(C)(C)CCCO)cc1. The topological polar surface area (TPSA) is 41.5 Å². The van der Waals surface area contributed by atoms with E-state index in [2.05, 4.69) is 45.1 Å². The van der Waals surface area contributed by atoms with Crippen LogP contribution >= 0.6 is 0 Å². The van der Waals surface area contributed by atoms with Crippen LogP contribution < -0.4 is 10.1 Å². The molecular formula is C18H31NO2. The Balaban J connectivity index is 2.46. The molecule has 0 saturated carbocycles. The summed E-state index contributed by atoms with van der Waals surface area (Å²) in [6, 6.07) is 8.66. The second kappa shape index (κ2) is 9.06. The van der Waals surface area contributed by atoms with E-state index in [1.807, 2.05) is 12.1 Å². The average Bonchev–Trinajstić information content (AvgIpc) is 2.49. The standard InChI is InChI=1S/C18H31NO2/c1-5-13-21-17-9-7-16(8-10-17)15(2)19-14-18(3,4)11-6-12-20/h7-10,15,19-20H,5-6,11-14H2,1-4H3. The van der Waals surface area contributed by atoms with Crippen LogP contribution in [-0.4, -0.2) is 24.9 Å². The lowest BCUT2D eigenvalue weighted by atomic mass is 9.87. The minimum atomic E-state index is 0.209. The third kappa shape index (κ3) is 6.96. The van der Waals surface area contributed by atoms with E-state index >= 15 is 0 Å². The van der Waals surface area contributed by atoms with Gasteiger partial charge in [0.1, 0.15) is 5.75 Å². The first-order valence-electron chi connectivity index (χ1n) is 8.05. The average molecular weight is 293 g/mol. The zero-order valence-corrected chi connectivity index (χ0v) is 14.0. The van der Waals surface area contributed by atoms with Crippen LogP contribution in [0.2, 0.25) is 0 Å². The minimum Gasteiger partial charge on any atom is -0.494 e. The van der Waals surface area contributed by atoms with Gasteiger partial charge in [0.15, 0.2) is 0 Å². The van der Waals surface area contributed by atoms with Gasteiger partial charge in [-0.05, 0) is 49.3 Å². The summed E-state index contributed by atoms with van der Waals surface area (Å²) in [7, 11) is 0. The molecule has 0 bridgehead atoms. The van der Waals surface area contributed by atoms with E-state index in [0.29, 0.717) is 6.04 Å². The second-order valence-corrected chi connectivity index (χ2v) is 6.51. The van der Waals surface area contributed by atoms with Crippen molar-refractivity contribution >= 4 is 0 Å². The molecule has 0 spiro atoms. The van der Waals surface area contributed by atoms with Crippen molar-refractivity contribution in [2.24, 2.45) is 5.41 Å². The van der Waals surface area contributed by atoms with Crippen LogP contribution in [-0.2, 0) is 0 Å². The zero-order chi connectivity index (χ0) is 15.7. The van der Waals surface area contributed by atoms with Gasteiger partial charge >= 0.3 is 0 Å². The highest BCUT2D eigenvalue weighted by Crippen LogP contribution is 2.23. The normalized spacial score (nSPS) is 13.2. The molecule has 2 N–H and O–H groups in total. The van der Waals surface area contributed by atoms with Crippen molar-refractivity contribution in [2.75, 3.05) is 19.8 Å². The van der Waals surface area contributed by atoms with Crippen LogP contribution in [0.3, 0.4) is 0 Å². The number of hydrogen-bond donors (Lipinski definition) is 2. The fraction of sp³-hybridized carbons (Fsp3) is 0.667. The molecule has 1 aromatic rings. The number of hydrogen-bond acceptors (Lipinski definition) is 3. The summed E-state index contributed by atoms with van der Waals surface area (Å²) < 4.78 is 5.60. The number of ether oxygens (including phenoxy) is 1. The lowest BCUT2D eigenvalue weighted by Gasteiger charge is -2.27. The number of aliphatic hydroxyl groups is 1. The van der Waals surface area contributed by atoms with Crippen LogP contribution in [0.5, 0.6) is 5.75 Å². The van der Waals surface area contributed by atoms with Gasteiger partial charge in [0.2, 0.25) is 0 Å². The van der Waals surface area contributed by atoms with Gasteiger partial charge in [-0.3, -0.25) is 0 Å². The molecule has 1 atom stereocenters. The molecule has 0 aliphatic carbocycles. The van der Waals surface area contributed by atoms with Crippen molar-refractivity contribution in [2.45, 2.75) is 53.0 Å². The summed E-state index contributed by atoms with van der Waals surface area (Å²) in [5.41, 5.74) is 1.48. The molecule has 0 heterocycles. The van der Waals surface area contributed by atoms with Gasteiger partial charge in [0, 0.05) is 19.2 Å². The van der Waals surface area contributed by atoms with E-state index in [0.717, 1.165) is 38.2 Å². The van der Waals surface area contributed by atoms with Gasteiger partial charge in [0.25, 0.3) is 0 Å². The number of aliphatic hydroxyl groups excluding tert-OH is 1. The maximum atomic E-state index is 8.94. The van der Waals surface area contributed by atoms with Crippen molar-refractivity contribution in [1.29, 1.82) is 0 Å². The third-order valence-electron chi connectivity index (χ3n) is 3.75. The lowest BCUT2D eigenvalue weighted by molar-refractivity contribution is 0.233. The van der Waals surface area contributed by atoms with E-state index in [4.69, 9.17) is 9.84 Å². The Morgan fingerprint density at radius 2 is 1.90 bits per heavy atom. The number of nitrogens with one attached hydrogen (secondary N) is 1. The fourth-order valence-electron chi connectivity index (χ4n) is 2.27. The quantitative estimate of drug-likeness (QED) is 0.687. The zero-order valence-electron chi connectivity index (χ0n) is 14.0. The van der Waals surface area contributed by atoms with Crippen LogP contribution in [0.4, 0.5) is 0 Å². The molecule has 0 radical (unpaired) electrons. The molecule has 0 fully saturated rings. The molecule has 1 unspecified atom stereocenters. The molecule has 21 heavy (non-hydrogen) atoms. The molecule has 3 nitrogen and oxygen atoms in total. The summed E-state index contributed by atoms with van der Waals surface area (Å²) >= 11 is 0. The van der Waals surface area contributed by atoms with Crippen LogP contribution in [0, 0.1) is 5.41 Å². The molecule has 1 aromatic carbocycles. The van der Waals surface area contributed by atoms with E-state index in [9.17, 15) is 0 Å². The third-order valence-corrected chi connectivity index (χ3v) is 3.75. The predicted molar refractivity (Wildman–Crippen MR) is 88.7 cm³/mol. The Hall–Kier alpha value is -1.06. The van der Waals surface area contributed by atoms with Gasteiger partial charge in [-0.1, -0.05) is 32.9 Å². The van der Waals surface area contributed by atoms with E-state index < -0.39 is 0 Å². The molecule has 0 aliphatic rings. The highest BCUT2D eigenvalue weighted by molar-refractivity contribution is 5.28. The molecule has 0 aliphatic heterocycles. The molecule has 0 amide bonds. The van der Waals surface area contributed by atoms with Gasteiger partial charge in [-0.15, -0.1) is 0 Å². The molecule has 0 saturated heterocycles. The monoisotopic (exact) mass is 293 g/mol. The van der Waals surface area contributed by atoms with Gasteiger partial charge in [-0.2, -0.15) is 0 Å².